The number of ether oxygens (including phenoxy) is 1. The number of nitrogens with zero attached hydrogens (tertiary/aromatic N) is 2. The Morgan fingerprint density at radius 3 is 2.58 bits per heavy atom. The van der Waals surface area contributed by atoms with Gasteiger partial charge in [0.25, 0.3) is 0 Å². The summed E-state index contributed by atoms with van der Waals surface area (Å²) >= 11 is 1.40. The average molecular weight is 340 g/mol. The topological polar surface area (TPSA) is 60.7 Å². The largest absolute Gasteiger partial charge is 0.462 e. The van der Waals surface area contributed by atoms with Gasteiger partial charge in [0.15, 0.2) is 5.78 Å². The highest BCUT2D eigenvalue weighted by Crippen LogP contribution is 2.27. The molecule has 3 rings (SSSR count). The van der Waals surface area contributed by atoms with Crippen LogP contribution in [0.3, 0.4) is 0 Å². The molecule has 122 valence electrons. The smallest absolute Gasteiger partial charge is 0.338 e. The number of carbonyl (C=O) groups is 2. The standard InChI is InChI=1S/C18H16N2O3S/c1-3-23-18(22)13-9-10-20-14(11-13)15(17(19-20)24-2)16(21)12-7-5-4-6-8-12/h4-11H,3H2,1-2H3. The molecule has 0 aliphatic carbocycles. The maximum absolute atomic E-state index is 12.9. The van der Waals surface area contributed by atoms with E-state index in [1.54, 1.807) is 41.9 Å². The summed E-state index contributed by atoms with van der Waals surface area (Å²) < 4.78 is 6.65. The Labute approximate surface area is 143 Å². The Morgan fingerprint density at radius 1 is 1.17 bits per heavy atom. The first kappa shape index (κ1) is 16.3. The zero-order valence-corrected chi connectivity index (χ0v) is 14.2. The maximum Gasteiger partial charge on any atom is 0.338 e. The van der Waals surface area contributed by atoms with E-state index >= 15 is 0 Å². The molecule has 0 fully saturated rings. The van der Waals surface area contributed by atoms with Crippen LogP contribution in [0, 0.1) is 0 Å². The molecular weight excluding hydrogens is 324 g/mol. The van der Waals surface area contributed by atoms with E-state index in [9.17, 15) is 9.59 Å². The SMILES string of the molecule is CCOC(=O)c1ccn2nc(SC)c(C(=O)c3ccccc3)c2c1. The first-order valence-electron chi connectivity index (χ1n) is 7.49. The molecule has 0 saturated carbocycles. The van der Waals surface area contributed by atoms with Gasteiger partial charge in [0, 0.05) is 11.8 Å². The number of benzene rings is 1. The number of aromatic nitrogens is 2. The first-order chi connectivity index (χ1) is 11.7. The summed E-state index contributed by atoms with van der Waals surface area (Å²) in [5.74, 6) is -0.527. The van der Waals surface area contributed by atoms with Gasteiger partial charge in [0.2, 0.25) is 0 Å². The number of ketones is 1. The number of rotatable bonds is 5. The maximum atomic E-state index is 12.9. The predicted molar refractivity (Wildman–Crippen MR) is 92.8 cm³/mol. The molecule has 0 unspecified atom stereocenters. The van der Waals surface area contributed by atoms with Crippen LogP contribution < -0.4 is 0 Å². The van der Waals surface area contributed by atoms with Crippen molar-refractivity contribution in [2.45, 2.75) is 11.9 Å². The molecule has 0 spiro atoms. The molecule has 0 N–H and O–H groups in total. The number of pyridine rings is 1. The zero-order valence-electron chi connectivity index (χ0n) is 13.4. The Morgan fingerprint density at radius 2 is 1.92 bits per heavy atom. The van der Waals surface area contributed by atoms with E-state index in [2.05, 4.69) is 5.10 Å². The molecule has 2 aromatic heterocycles. The second-order valence-corrected chi connectivity index (χ2v) is 5.84. The lowest BCUT2D eigenvalue weighted by Crippen LogP contribution is -2.06. The third-order valence-electron chi connectivity index (χ3n) is 3.57. The molecular formula is C18H16N2O3S. The minimum absolute atomic E-state index is 0.115. The van der Waals surface area contributed by atoms with Gasteiger partial charge < -0.3 is 4.74 Å². The van der Waals surface area contributed by atoms with E-state index in [0.29, 0.717) is 33.8 Å². The van der Waals surface area contributed by atoms with Crippen molar-refractivity contribution in [3.8, 4) is 0 Å². The average Bonchev–Trinajstić information content (AvgIpc) is 2.99. The van der Waals surface area contributed by atoms with Crippen LogP contribution in [0.5, 0.6) is 0 Å². The van der Waals surface area contributed by atoms with Gasteiger partial charge in [-0.05, 0) is 25.3 Å². The number of hydrogen-bond donors (Lipinski definition) is 0. The molecule has 1 aromatic carbocycles. The predicted octanol–water partition coefficient (Wildman–Crippen LogP) is 3.46. The van der Waals surface area contributed by atoms with Gasteiger partial charge in [-0.3, -0.25) is 4.79 Å². The minimum atomic E-state index is -0.412. The lowest BCUT2D eigenvalue weighted by atomic mass is 10.0. The number of thioether (sulfide) groups is 1. The van der Waals surface area contributed by atoms with Crippen molar-refractivity contribution in [3.63, 3.8) is 0 Å². The highest BCUT2D eigenvalue weighted by molar-refractivity contribution is 7.98. The minimum Gasteiger partial charge on any atom is -0.462 e. The molecule has 0 aliphatic rings. The molecule has 6 heteroatoms. The number of fused-ring (bicyclic) bond motifs is 1. The fourth-order valence-electron chi connectivity index (χ4n) is 2.46. The molecule has 0 radical (unpaired) electrons. The van der Waals surface area contributed by atoms with E-state index < -0.39 is 5.97 Å². The molecule has 5 nitrogen and oxygen atoms in total. The lowest BCUT2D eigenvalue weighted by molar-refractivity contribution is 0.0526. The summed E-state index contributed by atoms with van der Waals surface area (Å²) in [6.07, 6.45) is 3.54. The molecule has 24 heavy (non-hydrogen) atoms. The van der Waals surface area contributed by atoms with E-state index in [1.165, 1.54) is 11.8 Å². The van der Waals surface area contributed by atoms with Crippen LogP contribution in [0.4, 0.5) is 0 Å². The van der Waals surface area contributed by atoms with Crippen molar-refractivity contribution >= 4 is 29.0 Å². The third kappa shape index (κ3) is 2.92. The Balaban J connectivity index is 2.16. The first-order valence-corrected chi connectivity index (χ1v) is 8.71. The number of esters is 1. The van der Waals surface area contributed by atoms with Crippen LogP contribution in [-0.4, -0.2) is 34.2 Å². The van der Waals surface area contributed by atoms with Gasteiger partial charge in [0.05, 0.1) is 23.3 Å². The third-order valence-corrected chi connectivity index (χ3v) is 4.24. The Bertz CT molecular complexity index is 903. The quantitative estimate of drug-likeness (QED) is 0.404. The van der Waals surface area contributed by atoms with E-state index in [-0.39, 0.29) is 5.78 Å². The van der Waals surface area contributed by atoms with Gasteiger partial charge in [0.1, 0.15) is 5.03 Å². The summed E-state index contributed by atoms with van der Waals surface area (Å²) in [5.41, 5.74) is 2.09. The molecule has 0 atom stereocenters. The summed E-state index contributed by atoms with van der Waals surface area (Å²) in [7, 11) is 0. The summed E-state index contributed by atoms with van der Waals surface area (Å²) in [6, 6.07) is 12.3. The molecule has 0 aliphatic heterocycles. The fraction of sp³-hybridized carbons (Fsp3) is 0.167. The number of carbonyl (C=O) groups excluding carboxylic acids is 2. The zero-order chi connectivity index (χ0) is 17.1. The highest BCUT2D eigenvalue weighted by atomic mass is 32.2. The number of hydrogen-bond acceptors (Lipinski definition) is 5. The van der Waals surface area contributed by atoms with Gasteiger partial charge in [-0.25, -0.2) is 9.31 Å². The summed E-state index contributed by atoms with van der Waals surface area (Å²) in [4.78, 5) is 24.9. The van der Waals surface area contributed by atoms with Crippen LogP contribution in [0.1, 0.15) is 33.2 Å². The van der Waals surface area contributed by atoms with Crippen molar-refractivity contribution < 1.29 is 14.3 Å². The van der Waals surface area contributed by atoms with Crippen molar-refractivity contribution in [2.24, 2.45) is 0 Å². The van der Waals surface area contributed by atoms with E-state index in [0.717, 1.165) is 0 Å². The molecule has 0 bridgehead atoms. The lowest BCUT2D eigenvalue weighted by Gasteiger charge is -2.04. The van der Waals surface area contributed by atoms with Crippen molar-refractivity contribution in [2.75, 3.05) is 12.9 Å². The summed E-state index contributed by atoms with van der Waals surface area (Å²) in [5, 5.41) is 5.06. The molecule has 3 aromatic rings. The van der Waals surface area contributed by atoms with Gasteiger partial charge in [-0.1, -0.05) is 30.3 Å². The van der Waals surface area contributed by atoms with Crippen molar-refractivity contribution in [1.29, 1.82) is 0 Å². The van der Waals surface area contributed by atoms with E-state index in [1.807, 2.05) is 24.5 Å². The van der Waals surface area contributed by atoms with Crippen LogP contribution in [0.25, 0.3) is 5.52 Å². The Kier molecular flexibility index (Phi) is 4.66. The van der Waals surface area contributed by atoms with Crippen molar-refractivity contribution in [3.05, 3.63) is 65.4 Å². The van der Waals surface area contributed by atoms with Gasteiger partial charge in [-0.2, -0.15) is 5.10 Å². The normalized spacial score (nSPS) is 10.8. The molecule has 2 heterocycles. The van der Waals surface area contributed by atoms with Crippen molar-refractivity contribution in [1.82, 2.24) is 9.61 Å². The fourth-order valence-corrected chi connectivity index (χ4v) is 3.03. The van der Waals surface area contributed by atoms with Crippen LogP contribution >= 0.6 is 11.8 Å². The monoisotopic (exact) mass is 340 g/mol. The molecule has 0 amide bonds. The van der Waals surface area contributed by atoms with Gasteiger partial charge >= 0.3 is 5.97 Å². The van der Waals surface area contributed by atoms with Crippen LogP contribution in [0.15, 0.2) is 53.7 Å². The Hall–Kier alpha value is -2.60. The van der Waals surface area contributed by atoms with Gasteiger partial charge in [-0.15, -0.1) is 11.8 Å². The highest BCUT2D eigenvalue weighted by Gasteiger charge is 2.21. The van der Waals surface area contributed by atoms with E-state index in [4.69, 9.17) is 4.74 Å². The van der Waals surface area contributed by atoms with Crippen LogP contribution in [-0.2, 0) is 4.74 Å². The van der Waals surface area contributed by atoms with Crippen LogP contribution in [0.2, 0.25) is 0 Å². The second-order valence-electron chi connectivity index (χ2n) is 5.05. The molecule has 0 saturated heterocycles. The second kappa shape index (κ2) is 6.88. The summed E-state index contributed by atoms with van der Waals surface area (Å²) in [6.45, 7) is 2.06.